The zero-order chi connectivity index (χ0) is 17.1. The van der Waals surface area contributed by atoms with Crippen molar-refractivity contribution >= 4 is 0 Å². The fourth-order valence-corrected chi connectivity index (χ4v) is 3.78. The van der Waals surface area contributed by atoms with E-state index in [-0.39, 0.29) is 5.56 Å². The van der Waals surface area contributed by atoms with E-state index in [1.165, 1.54) is 49.8 Å². The maximum absolute atomic E-state index is 13.3. The molecule has 1 unspecified atom stereocenters. The Hall–Kier alpha value is -1.74. The van der Waals surface area contributed by atoms with Crippen LogP contribution in [0.5, 0.6) is 0 Å². The normalized spacial score (nSPS) is 22.3. The van der Waals surface area contributed by atoms with E-state index >= 15 is 0 Å². The van der Waals surface area contributed by atoms with Crippen molar-refractivity contribution in [3.8, 4) is 0 Å². The van der Waals surface area contributed by atoms with Gasteiger partial charge in [-0.05, 0) is 66.3 Å². The lowest BCUT2D eigenvalue weighted by Crippen LogP contribution is -2.12. The Bertz CT molecular complexity index is 652. The van der Waals surface area contributed by atoms with E-state index < -0.39 is 17.7 Å². The van der Waals surface area contributed by atoms with Gasteiger partial charge in [0.05, 0.1) is 0 Å². The molecule has 1 nitrogen and oxygen atoms in total. The van der Waals surface area contributed by atoms with Gasteiger partial charge in [-0.15, -0.1) is 0 Å². The fraction of sp³-hybridized carbons (Fsp3) is 0.429. The Morgan fingerprint density at radius 3 is 2.04 bits per heavy atom. The largest absolute Gasteiger partial charge is 0.384 e. The predicted molar refractivity (Wildman–Crippen MR) is 91.9 cm³/mol. The zero-order valence-corrected chi connectivity index (χ0v) is 14.0. The Morgan fingerprint density at radius 1 is 0.917 bits per heavy atom. The van der Waals surface area contributed by atoms with Gasteiger partial charge in [-0.25, -0.2) is 8.78 Å². The minimum atomic E-state index is -1.01. The molecule has 0 aliphatic heterocycles. The second-order valence-corrected chi connectivity index (χ2v) is 6.90. The zero-order valence-electron chi connectivity index (χ0n) is 14.0. The molecule has 0 bridgehead atoms. The van der Waals surface area contributed by atoms with Crippen molar-refractivity contribution in [2.24, 2.45) is 5.92 Å². The standard InChI is InChI=1S/C21H24F2O/c1-2-14-3-5-15(6-4-14)16-7-9-17(10-8-16)21(24)18-11-19(22)13-20(23)12-18/h7-15,21,24H,2-6H2,1H3. The van der Waals surface area contributed by atoms with Crippen molar-refractivity contribution in [2.45, 2.75) is 51.0 Å². The van der Waals surface area contributed by atoms with Gasteiger partial charge in [0.25, 0.3) is 0 Å². The topological polar surface area (TPSA) is 20.2 Å². The third kappa shape index (κ3) is 3.84. The van der Waals surface area contributed by atoms with Gasteiger partial charge in [-0.1, -0.05) is 37.6 Å². The lowest BCUT2D eigenvalue weighted by molar-refractivity contribution is 0.219. The van der Waals surface area contributed by atoms with Gasteiger partial charge in [0.1, 0.15) is 17.7 Å². The number of halogens is 2. The molecule has 1 saturated carbocycles. The number of hydrogen-bond acceptors (Lipinski definition) is 1. The van der Waals surface area contributed by atoms with Gasteiger partial charge < -0.3 is 5.11 Å². The molecule has 24 heavy (non-hydrogen) atoms. The van der Waals surface area contributed by atoms with E-state index in [4.69, 9.17) is 0 Å². The summed E-state index contributed by atoms with van der Waals surface area (Å²) >= 11 is 0. The average Bonchev–Trinajstić information content (AvgIpc) is 2.60. The molecular formula is C21H24F2O. The summed E-state index contributed by atoms with van der Waals surface area (Å²) in [5.41, 5.74) is 2.20. The molecule has 1 aliphatic carbocycles. The van der Waals surface area contributed by atoms with Gasteiger partial charge in [-0.2, -0.15) is 0 Å². The highest BCUT2D eigenvalue weighted by Gasteiger charge is 2.21. The Kier molecular flexibility index (Phi) is 5.30. The number of hydrogen-bond donors (Lipinski definition) is 1. The van der Waals surface area contributed by atoms with Crippen LogP contribution in [0.4, 0.5) is 8.78 Å². The van der Waals surface area contributed by atoms with Crippen molar-refractivity contribution in [3.05, 3.63) is 70.8 Å². The van der Waals surface area contributed by atoms with Crippen molar-refractivity contribution in [3.63, 3.8) is 0 Å². The van der Waals surface area contributed by atoms with Crippen molar-refractivity contribution < 1.29 is 13.9 Å². The monoisotopic (exact) mass is 330 g/mol. The van der Waals surface area contributed by atoms with Crippen LogP contribution in [0, 0.1) is 17.6 Å². The summed E-state index contributed by atoms with van der Waals surface area (Å²) in [7, 11) is 0. The van der Waals surface area contributed by atoms with Gasteiger partial charge in [0.15, 0.2) is 0 Å². The summed E-state index contributed by atoms with van der Waals surface area (Å²) in [6, 6.07) is 11.0. The predicted octanol–water partition coefficient (Wildman–Crippen LogP) is 5.73. The van der Waals surface area contributed by atoms with E-state index in [0.717, 1.165) is 12.0 Å². The second kappa shape index (κ2) is 7.43. The van der Waals surface area contributed by atoms with E-state index in [1.54, 1.807) is 0 Å². The third-order valence-electron chi connectivity index (χ3n) is 5.35. The second-order valence-electron chi connectivity index (χ2n) is 6.90. The van der Waals surface area contributed by atoms with Gasteiger partial charge in [-0.3, -0.25) is 0 Å². The van der Waals surface area contributed by atoms with Crippen LogP contribution in [-0.4, -0.2) is 5.11 Å². The highest BCUT2D eigenvalue weighted by atomic mass is 19.1. The minimum Gasteiger partial charge on any atom is -0.384 e. The van der Waals surface area contributed by atoms with Crippen LogP contribution >= 0.6 is 0 Å². The molecule has 2 aromatic rings. The number of rotatable bonds is 4. The molecule has 0 heterocycles. The smallest absolute Gasteiger partial charge is 0.126 e. The van der Waals surface area contributed by atoms with Crippen molar-refractivity contribution in [1.82, 2.24) is 0 Å². The molecule has 1 aliphatic rings. The Morgan fingerprint density at radius 2 is 1.50 bits per heavy atom. The molecule has 0 aromatic heterocycles. The fourth-order valence-electron chi connectivity index (χ4n) is 3.78. The summed E-state index contributed by atoms with van der Waals surface area (Å²) in [6.45, 7) is 2.26. The summed E-state index contributed by atoms with van der Waals surface area (Å²) in [5.74, 6) is 0.109. The van der Waals surface area contributed by atoms with Crippen LogP contribution in [0.1, 0.15) is 67.7 Å². The molecule has 0 radical (unpaired) electrons. The molecule has 1 fully saturated rings. The number of aliphatic hydroxyl groups excluding tert-OH is 1. The first-order valence-corrected chi connectivity index (χ1v) is 8.80. The molecule has 1 atom stereocenters. The summed E-state index contributed by atoms with van der Waals surface area (Å²) in [5, 5.41) is 10.4. The van der Waals surface area contributed by atoms with Gasteiger partial charge in [0, 0.05) is 6.07 Å². The first-order valence-electron chi connectivity index (χ1n) is 8.80. The first kappa shape index (κ1) is 17.1. The summed E-state index contributed by atoms with van der Waals surface area (Å²) in [4.78, 5) is 0. The SMILES string of the molecule is CCC1CCC(c2ccc(C(O)c3cc(F)cc(F)c3)cc2)CC1. The van der Waals surface area contributed by atoms with E-state index in [0.29, 0.717) is 11.5 Å². The first-order chi connectivity index (χ1) is 11.6. The van der Waals surface area contributed by atoms with E-state index in [2.05, 4.69) is 6.92 Å². The molecule has 3 rings (SSSR count). The quantitative estimate of drug-likeness (QED) is 0.759. The van der Waals surface area contributed by atoms with Gasteiger partial charge in [0.2, 0.25) is 0 Å². The minimum absolute atomic E-state index is 0.240. The van der Waals surface area contributed by atoms with Crippen LogP contribution in [-0.2, 0) is 0 Å². The van der Waals surface area contributed by atoms with Crippen molar-refractivity contribution in [1.29, 1.82) is 0 Å². The lowest BCUT2D eigenvalue weighted by Gasteiger charge is -2.28. The van der Waals surface area contributed by atoms with E-state index in [9.17, 15) is 13.9 Å². The number of aliphatic hydroxyl groups is 1. The molecule has 128 valence electrons. The third-order valence-corrected chi connectivity index (χ3v) is 5.35. The maximum Gasteiger partial charge on any atom is 0.126 e. The molecule has 3 heteroatoms. The molecule has 1 N–H and O–H groups in total. The van der Waals surface area contributed by atoms with E-state index in [1.807, 2.05) is 24.3 Å². The molecular weight excluding hydrogens is 306 g/mol. The van der Waals surface area contributed by atoms with Gasteiger partial charge >= 0.3 is 0 Å². The van der Waals surface area contributed by atoms with Crippen LogP contribution in [0.15, 0.2) is 42.5 Å². The molecule has 0 spiro atoms. The van der Waals surface area contributed by atoms with Crippen molar-refractivity contribution in [2.75, 3.05) is 0 Å². The van der Waals surface area contributed by atoms with Crippen LogP contribution in [0.25, 0.3) is 0 Å². The summed E-state index contributed by atoms with van der Waals surface area (Å²) < 4.78 is 26.6. The molecule has 2 aromatic carbocycles. The maximum atomic E-state index is 13.3. The van der Waals surface area contributed by atoms with Crippen LogP contribution in [0.2, 0.25) is 0 Å². The van der Waals surface area contributed by atoms with Crippen LogP contribution < -0.4 is 0 Å². The Balaban J connectivity index is 1.72. The Labute approximate surface area is 142 Å². The summed E-state index contributed by atoms with van der Waals surface area (Å²) in [6.07, 6.45) is 5.26. The number of benzene rings is 2. The van der Waals surface area contributed by atoms with Crippen LogP contribution in [0.3, 0.4) is 0 Å². The highest BCUT2D eigenvalue weighted by molar-refractivity contribution is 5.33. The molecule has 0 saturated heterocycles. The lowest BCUT2D eigenvalue weighted by atomic mass is 9.77. The highest BCUT2D eigenvalue weighted by Crippen LogP contribution is 2.37. The average molecular weight is 330 g/mol. The molecule has 0 amide bonds.